The highest BCUT2D eigenvalue weighted by Crippen LogP contribution is 2.36. The molecule has 0 radical (unpaired) electrons. The van der Waals surface area contributed by atoms with Crippen molar-refractivity contribution in [3.05, 3.63) is 53.6 Å². The van der Waals surface area contributed by atoms with E-state index >= 15 is 0 Å². The highest BCUT2D eigenvalue weighted by Gasteiger charge is 2.16. The lowest BCUT2D eigenvalue weighted by molar-refractivity contribution is 0.0952. The molecule has 2 heterocycles. The molecule has 0 unspecified atom stereocenters. The molecule has 4 rings (SSSR count). The second-order valence-electron chi connectivity index (χ2n) is 6.28. The molecule has 0 saturated carbocycles. The van der Waals surface area contributed by atoms with E-state index in [0.717, 1.165) is 5.39 Å². The van der Waals surface area contributed by atoms with Crippen molar-refractivity contribution in [2.45, 2.75) is 0 Å². The summed E-state index contributed by atoms with van der Waals surface area (Å²) in [5, 5.41) is 16.2. The number of hydrogen-bond donors (Lipinski definition) is 2. The first-order chi connectivity index (χ1) is 14.2. The van der Waals surface area contributed by atoms with E-state index in [1.165, 1.54) is 7.11 Å². The Morgan fingerprint density at radius 3 is 2.79 bits per heavy atom. The van der Waals surface area contributed by atoms with Gasteiger partial charge in [-0.25, -0.2) is 4.98 Å². The molecule has 0 spiro atoms. The quantitative estimate of drug-likeness (QED) is 0.623. The van der Waals surface area contributed by atoms with E-state index < -0.39 is 0 Å². The molecule has 1 aliphatic heterocycles. The maximum Gasteiger partial charge on any atom is 0.255 e. The first kappa shape index (κ1) is 18.4. The Hall–Kier alpha value is -3.99. The van der Waals surface area contributed by atoms with E-state index in [0.29, 0.717) is 52.8 Å². The highest BCUT2D eigenvalue weighted by molar-refractivity contribution is 5.96. The van der Waals surface area contributed by atoms with Gasteiger partial charge < -0.3 is 24.8 Å². The van der Waals surface area contributed by atoms with Crippen molar-refractivity contribution in [1.82, 2.24) is 10.3 Å². The third-order valence-electron chi connectivity index (χ3n) is 4.48. The summed E-state index contributed by atoms with van der Waals surface area (Å²) in [6.07, 6.45) is 0. The highest BCUT2D eigenvalue weighted by atomic mass is 16.7. The van der Waals surface area contributed by atoms with Crippen LogP contribution in [-0.2, 0) is 0 Å². The second-order valence-corrected chi connectivity index (χ2v) is 6.28. The number of para-hydroxylation sites is 1. The summed E-state index contributed by atoms with van der Waals surface area (Å²) in [5.74, 6) is 2.00. The fraction of sp³-hybridized carbons (Fsp3) is 0.190. The number of methoxy groups -OCH3 is 1. The number of ether oxygens (including phenoxy) is 3. The maximum atomic E-state index is 12.3. The topological polar surface area (TPSA) is 106 Å². The van der Waals surface area contributed by atoms with E-state index in [-0.39, 0.29) is 12.7 Å². The normalized spacial score (nSPS) is 11.7. The molecule has 0 saturated heterocycles. The number of nitrogens with zero attached hydrogens (tertiary/aromatic N) is 2. The Morgan fingerprint density at radius 1 is 1.21 bits per heavy atom. The molecule has 0 aliphatic carbocycles. The van der Waals surface area contributed by atoms with Crippen molar-refractivity contribution in [3.8, 4) is 23.3 Å². The first-order valence-electron chi connectivity index (χ1n) is 8.99. The lowest BCUT2D eigenvalue weighted by Crippen LogP contribution is -2.29. The molecule has 0 bridgehead atoms. The smallest absolute Gasteiger partial charge is 0.255 e. The predicted molar refractivity (Wildman–Crippen MR) is 106 cm³/mol. The lowest BCUT2D eigenvalue weighted by Gasteiger charge is -2.11. The molecular formula is C21H18N4O4. The second kappa shape index (κ2) is 7.94. The van der Waals surface area contributed by atoms with E-state index in [4.69, 9.17) is 14.2 Å². The van der Waals surface area contributed by atoms with Crippen LogP contribution in [0.3, 0.4) is 0 Å². The summed E-state index contributed by atoms with van der Waals surface area (Å²) < 4.78 is 16.0. The molecule has 3 aromatic rings. The van der Waals surface area contributed by atoms with Crippen molar-refractivity contribution in [2.24, 2.45) is 0 Å². The van der Waals surface area contributed by atoms with E-state index in [9.17, 15) is 10.1 Å². The zero-order valence-corrected chi connectivity index (χ0v) is 15.7. The van der Waals surface area contributed by atoms with Crippen LogP contribution in [0.4, 0.5) is 5.82 Å². The van der Waals surface area contributed by atoms with Crippen LogP contribution in [-0.4, -0.2) is 37.9 Å². The third-order valence-corrected chi connectivity index (χ3v) is 4.48. The maximum absolute atomic E-state index is 12.3. The lowest BCUT2D eigenvalue weighted by atomic mass is 10.1. The Morgan fingerprint density at radius 2 is 2.00 bits per heavy atom. The molecule has 2 aromatic carbocycles. The number of amides is 1. The molecule has 1 aromatic heterocycles. The van der Waals surface area contributed by atoms with Crippen molar-refractivity contribution in [3.63, 3.8) is 0 Å². The first-order valence-corrected chi connectivity index (χ1v) is 8.99. The van der Waals surface area contributed by atoms with Crippen LogP contribution >= 0.6 is 0 Å². The number of pyridine rings is 1. The summed E-state index contributed by atoms with van der Waals surface area (Å²) >= 11 is 0. The SMILES string of the molecule is COc1ccccc1C(=O)NCCNc1nc2cc3c(cc2cc1C#N)OCO3. The van der Waals surface area contributed by atoms with Gasteiger partial charge in [0.05, 0.1) is 23.8 Å². The molecule has 146 valence electrons. The number of aromatic nitrogens is 1. The van der Waals surface area contributed by atoms with Gasteiger partial charge in [-0.05, 0) is 24.3 Å². The number of fused-ring (bicyclic) bond motifs is 2. The third kappa shape index (κ3) is 3.71. The number of carbonyl (C=O) groups excluding carboxylic acids is 1. The van der Waals surface area contributed by atoms with Crippen LogP contribution < -0.4 is 24.8 Å². The molecular weight excluding hydrogens is 372 g/mol. The van der Waals surface area contributed by atoms with Crippen LogP contribution in [0, 0.1) is 11.3 Å². The van der Waals surface area contributed by atoms with Crippen molar-refractivity contribution < 1.29 is 19.0 Å². The average molecular weight is 390 g/mol. The van der Waals surface area contributed by atoms with Crippen LogP contribution in [0.15, 0.2) is 42.5 Å². The van der Waals surface area contributed by atoms with Gasteiger partial charge in [0, 0.05) is 24.5 Å². The zero-order valence-electron chi connectivity index (χ0n) is 15.7. The Kier molecular flexibility index (Phi) is 5.03. The number of hydrogen-bond acceptors (Lipinski definition) is 7. The molecule has 0 fully saturated rings. The number of nitrogens with one attached hydrogen (secondary N) is 2. The van der Waals surface area contributed by atoms with Crippen molar-refractivity contribution >= 4 is 22.6 Å². The van der Waals surface area contributed by atoms with Crippen LogP contribution in [0.5, 0.6) is 17.2 Å². The van der Waals surface area contributed by atoms with E-state index in [1.807, 2.05) is 6.07 Å². The van der Waals surface area contributed by atoms with Crippen LogP contribution in [0.2, 0.25) is 0 Å². The summed E-state index contributed by atoms with van der Waals surface area (Å²) in [4.78, 5) is 16.9. The van der Waals surface area contributed by atoms with Gasteiger partial charge in [-0.1, -0.05) is 12.1 Å². The van der Waals surface area contributed by atoms with E-state index in [2.05, 4.69) is 21.7 Å². The molecule has 8 heteroatoms. The molecule has 8 nitrogen and oxygen atoms in total. The molecule has 2 N–H and O–H groups in total. The van der Waals surface area contributed by atoms with Gasteiger partial charge in [-0.2, -0.15) is 5.26 Å². The zero-order chi connectivity index (χ0) is 20.2. The minimum absolute atomic E-state index is 0.174. The van der Waals surface area contributed by atoms with E-state index in [1.54, 1.807) is 36.4 Å². The standard InChI is InChI=1S/C21H18N4O4/c1-27-17-5-3-2-4-15(17)21(26)24-7-6-23-20-14(11-22)8-13-9-18-19(29-12-28-18)10-16(13)25-20/h2-5,8-10H,6-7,12H2,1H3,(H,23,25)(H,24,26). The fourth-order valence-corrected chi connectivity index (χ4v) is 3.07. The Labute approximate surface area is 167 Å². The predicted octanol–water partition coefficient (Wildman–Crippen LogP) is 2.69. The van der Waals surface area contributed by atoms with Gasteiger partial charge in [-0.3, -0.25) is 4.79 Å². The minimum Gasteiger partial charge on any atom is -0.496 e. The fourth-order valence-electron chi connectivity index (χ4n) is 3.07. The van der Waals surface area contributed by atoms with Crippen molar-refractivity contribution in [2.75, 3.05) is 32.3 Å². The van der Waals surface area contributed by atoms with Gasteiger partial charge >= 0.3 is 0 Å². The number of rotatable bonds is 6. The molecule has 0 atom stereocenters. The monoisotopic (exact) mass is 390 g/mol. The van der Waals surface area contributed by atoms with Gasteiger partial charge in [0.1, 0.15) is 17.6 Å². The number of carbonyl (C=O) groups is 1. The summed E-state index contributed by atoms with van der Waals surface area (Å²) in [6, 6.07) is 14.5. The van der Waals surface area contributed by atoms with Crippen LogP contribution in [0.25, 0.3) is 10.9 Å². The number of anilines is 1. The number of nitriles is 1. The largest absolute Gasteiger partial charge is 0.496 e. The van der Waals surface area contributed by atoms with Gasteiger partial charge in [0.25, 0.3) is 5.91 Å². The van der Waals surface area contributed by atoms with Crippen molar-refractivity contribution in [1.29, 1.82) is 5.26 Å². The molecule has 1 amide bonds. The van der Waals surface area contributed by atoms with Gasteiger partial charge in [0.15, 0.2) is 11.5 Å². The Balaban J connectivity index is 1.43. The summed E-state index contributed by atoms with van der Waals surface area (Å²) in [5.41, 5.74) is 1.56. The van der Waals surface area contributed by atoms with Crippen LogP contribution in [0.1, 0.15) is 15.9 Å². The van der Waals surface area contributed by atoms with Gasteiger partial charge in [-0.15, -0.1) is 0 Å². The summed E-state index contributed by atoms with van der Waals surface area (Å²) in [6.45, 7) is 0.926. The molecule has 1 aliphatic rings. The average Bonchev–Trinajstić information content (AvgIpc) is 3.21. The minimum atomic E-state index is -0.232. The Bertz CT molecular complexity index is 1120. The summed E-state index contributed by atoms with van der Waals surface area (Å²) in [7, 11) is 1.52. The van der Waals surface area contributed by atoms with Gasteiger partial charge in [0.2, 0.25) is 6.79 Å². The molecule has 29 heavy (non-hydrogen) atoms. The number of benzene rings is 2.